The summed E-state index contributed by atoms with van der Waals surface area (Å²) in [5, 5.41) is 16.0. The first-order chi connectivity index (χ1) is 13.8. The van der Waals surface area contributed by atoms with Gasteiger partial charge in [0.05, 0.1) is 11.7 Å². The SMILES string of the molecule is CC(NC(=O)N1CCC(C(=O)Nc2cc(Cl)ccc2O)CC1)c1ccccc1Br. The summed E-state index contributed by atoms with van der Waals surface area (Å²) < 4.78 is 0.951. The zero-order chi connectivity index (χ0) is 21.0. The summed E-state index contributed by atoms with van der Waals surface area (Å²) in [6, 6.07) is 12.0. The second-order valence-electron chi connectivity index (χ2n) is 7.10. The number of carbonyl (C=O) groups is 2. The average Bonchev–Trinajstić information content (AvgIpc) is 2.71. The van der Waals surface area contributed by atoms with Crippen molar-refractivity contribution < 1.29 is 14.7 Å². The lowest BCUT2D eigenvalue weighted by atomic mass is 9.96. The van der Waals surface area contributed by atoms with E-state index in [1.165, 1.54) is 12.1 Å². The first-order valence-corrected chi connectivity index (χ1v) is 10.6. The number of benzene rings is 2. The molecule has 0 saturated carbocycles. The van der Waals surface area contributed by atoms with Crippen LogP contribution in [0.2, 0.25) is 5.02 Å². The van der Waals surface area contributed by atoms with E-state index in [9.17, 15) is 14.7 Å². The molecule has 3 amide bonds. The van der Waals surface area contributed by atoms with Crippen LogP contribution in [0.1, 0.15) is 31.4 Å². The van der Waals surface area contributed by atoms with Crippen molar-refractivity contribution in [3.8, 4) is 5.75 Å². The zero-order valence-electron chi connectivity index (χ0n) is 16.0. The average molecular weight is 481 g/mol. The number of piperidine rings is 1. The van der Waals surface area contributed by atoms with Crippen molar-refractivity contribution in [1.29, 1.82) is 0 Å². The Morgan fingerprint density at radius 3 is 2.59 bits per heavy atom. The largest absolute Gasteiger partial charge is 0.506 e. The zero-order valence-corrected chi connectivity index (χ0v) is 18.3. The molecule has 0 radical (unpaired) electrons. The third-order valence-electron chi connectivity index (χ3n) is 5.08. The fourth-order valence-electron chi connectivity index (χ4n) is 3.37. The number of aromatic hydroxyl groups is 1. The fourth-order valence-corrected chi connectivity index (χ4v) is 4.17. The molecule has 0 aromatic heterocycles. The lowest BCUT2D eigenvalue weighted by Gasteiger charge is -2.32. The first kappa shape index (κ1) is 21.5. The number of hydrogen-bond donors (Lipinski definition) is 3. The predicted molar refractivity (Wildman–Crippen MR) is 117 cm³/mol. The van der Waals surface area contributed by atoms with Gasteiger partial charge in [-0.05, 0) is 49.6 Å². The molecule has 1 fully saturated rings. The Labute approximate surface area is 183 Å². The minimum absolute atomic E-state index is 0.0272. The van der Waals surface area contributed by atoms with Gasteiger partial charge < -0.3 is 20.6 Å². The molecule has 2 aromatic carbocycles. The number of anilines is 1. The topological polar surface area (TPSA) is 81.7 Å². The van der Waals surface area contributed by atoms with Crippen LogP contribution in [0.3, 0.4) is 0 Å². The third-order valence-corrected chi connectivity index (χ3v) is 6.04. The molecule has 0 bridgehead atoms. The molecule has 6 nitrogen and oxygen atoms in total. The molecule has 3 rings (SSSR count). The summed E-state index contributed by atoms with van der Waals surface area (Å²) in [4.78, 5) is 26.8. The molecule has 2 aromatic rings. The third kappa shape index (κ3) is 5.42. The fraction of sp³-hybridized carbons (Fsp3) is 0.333. The monoisotopic (exact) mass is 479 g/mol. The molecule has 154 valence electrons. The smallest absolute Gasteiger partial charge is 0.317 e. The van der Waals surface area contributed by atoms with E-state index in [1.807, 2.05) is 31.2 Å². The molecule has 0 spiro atoms. The molecular weight excluding hydrogens is 458 g/mol. The molecule has 0 aliphatic carbocycles. The molecule has 1 saturated heterocycles. The van der Waals surface area contributed by atoms with Crippen molar-refractivity contribution >= 4 is 45.2 Å². The number of rotatable bonds is 4. The number of amides is 3. The summed E-state index contributed by atoms with van der Waals surface area (Å²) in [5.41, 5.74) is 1.31. The molecule has 1 heterocycles. The van der Waals surface area contributed by atoms with Crippen LogP contribution in [0, 0.1) is 5.92 Å². The summed E-state index contributed by atoms with van der Waals surface area (Å²) in [6.07, 6.45) is 1.12. The Morgan fingerprint density at radius 1 is 1.21 bits per heavy atom. The molecule has 8 heteroatoms. The summed E-state index contributed by atoms with van der Waals surface area (Å²) in [7, 11) is 0. The van der Waals surface area contributed by atoms with Gasteiger partial charge >= 0.3 is 6.03 Å². The van der Waals surface area contributed by atoms with Gasteiger partial charge in [-0.2, -0.15) is 0 Å². The molecule has 29 heavy (non-hydrogen) atoms. The van der Waals surface area contributed by atoms with Crippen molar-refractivity contribution in [2.75, 3.05) is 18.4 Å². The minimum atomic E-state index is -0.224. The van der Waals surface area contributed by atoms with E-state index in [0.29, 0.717) is 36.6 Å². The van der Waals surface area contributed by atoms with Crippen LogP contribution in [0.15, 0.2) is 46.9 Å². The second kappa shape index (κ2) is 9.50. The lowest BCUT2D eigenvalue weighted by molar-refractivity contribution is -0.121. The van der Waals surface area contributed by atoms with E-state index in [1.54, 1.807) is 11.0 Å². The maximum Gasteiger partial charge on any atom is 0.317 e. The number of hydrogen-bond acceptors (Lipinski definition) is 3. The van der Waals surface area contributed by atoms with Gasteiger partial charge in [-0.1, -0.05) is 45.7 Å². The number of likely N-dealkylation sites (tertiary alicyclic amines) is 1. The van der Waals surface area contributed by atoms with E-state index in [4.69, 9.17) is 11.6 Å². The molecular formula is C21H23BrClN3O3. The standard InChI is InChI=1S/C21H23BrClN3O3/c1-13(16-4-2-3-5-17(16)22)24-21(29)26-10-8-14(9-11-26)20(28)25-18-12-15(23)6-7-19(18)27/h2-7,12-14,27H,8-11H2,1H3,(H,24,29)(H,25,28). The number of halogens is 2. The van der Waals surface area contributed by atoms with E-state index in [-0.39, 0.29) is 29.6 Å². The van der Waals surface area contributed by atoms with Gasteiger partial charge in [0.1, 0.15) is 5.75 Å². The maximum absolute atomic E-state index is 12.6. The van der Waals surface area contributed by atoms with Crippen molar-refractivity contribution in [2.24, 2.45) is 5.92 Å². The van der Waals surface area contributed by atoms with E-state index >= 15 is 0 Å². The van der Waals surface area contributed by atoms with Crippen molar-refractivity contribution in [3.05, 3.63) is 57.5 Å². The van der Waals surface area contributed by atoms with Gasteiger partial charge in [0, 0.05) is 28.5 Å². The molecule has 1 aliphatic heterocycles. The Bertz CT molecular complexity index is 900. The minimum Gasteiger partial charge on any atom is -0.506 e. The van der Waals surface area contributed by atoms with Crippen LogP contribution in [0.5, 0.6) is 5.75 Å². The molecule has 1 aliphatic rings. The second-order valence-corrected chi connectivity index (χ2v) is 8.40. The highest BCUT2D eigenvalue weighted by molar-refractivity contribution is 9.10. The van der Waals surface area contributed by atoms with Crippen molar-refractivity contribution in [3.63, 3.8) is 0 Å². The maximum atomic E-state index is 12.6. The van der Waals surface area contributed by atoms with Crippen LogP contribution in [0.25, 0.3) is 0 Å². The highest BCUT2D eigenvalue weighted by Crippen LogP contribution is 2.28. The number of nitrogens with zero attached hydrogens (tertiary/aromatic N) is 1. The van der Waals surface area contributed by atoms with Gasteiger partial charge in [0.15, 0.2) is 0 Å². The van der Waals surface area contributed by atoms with Crippen molar-refractivity contribution in [1.82, 2.24) is 10.2 Å². The molecule has 3 N–H and O–H groups in total. The van der Waals surface area contributed by atoms with Crippen LogP contribution in [0.4, 0.5) is 10.5 Å². The molecule has 1 unspecified atom stereocenters. The number of phenols is 1. The van der Waals surface area contributed by atoms with Gasteiger partial charge in [-0.25, -0.2) is 4.79 Å². The summed E-state index contributed by atoms with van der Waals surface area (Å²) >= 11 is 9.43. The van der Waals surface area contributed by atoms with Crippen LogP contribution < -0.4 is 10.6 Å². The Morgan fingerprint density at radius 2 is 1.90 bits per heavy atom. The Kier molecular flexibility index (Phi) is 7.03. The summed E-state index contributed by atoms with van der Waals surface area (Å²) in [5.74, 6) is -0.428. The van der Waals surface area contributed by atoms with Gasteiger partial charge in [-0.15, -0.1) is 0 Å². The van der Waals surface area contributed by atoms with Crippen LogP contribution in [-0.4, -0.2) is 35.0 Å². The van der Waals surface area contributed by atoms with Gasteiger partial charge in [0.25, 0.3) is 0 Å². The Balaban J connectivity index is 1.52. The Hall–Kier alpha value is -2.25. The van der Waals surface area contributed by atoms with Gasteiger partial charge in [-0.3, -0.25) is 4.79 Å². The van der Waals surface area contributed by atoms with E-state index < -0.39 is 0 Å². The number of carbonyl (C=O) groups excluding carboxylic acids is 2. The van der Waals surface area contributed by atoms with Crippen molar-refractivity contribution in [2.45, 2.75) is 25.8 Å². The number of urea groups is 1. The quantitative estimate of drug-likeness (QED) is 0.543. The number of nitrogens with one attached hydrogen (secondary N) is 2. The summed E-state index contributed by atoms with van der Waals surface area (Å²) in [6.45, 7) is 2.93. The van der Waals surface area contributed by atoms with E-state index in [0.717, 1.165) is 10.0 Å². The van der Waals surface area contributed by atoms with Crippen LogP contribution in [-0.2, 0) is 4.79 Å². The van der Waals surface area contributed by atoms with Gasteiger partial charge in [0.2, 0.25) is 5.91 Å². The highest BCUT2D eigenvalue weighted by atomic mass is 79.9. The highest BCUT2D eigenvalue weighted by Gasteiger charge is 2.28. The molecule has 1 atom stereocenters. The number of phenolic OH excluding ortho intramolecular Hbond substituents is 1. The van der Waals surface area contributed by atoms with E-state index in [2.05, 4.69) is 26.6 Å². The first-order valence-electron chi connectivity index (χ1n) is 9.44. The van der Waals surface area contributed by atoms with Crippen LogP contribution >= 0.6 is 27.5 Å². The normalized spacial score (nSPS) is 15.6. The predicted octanol–water partition coefficient (Wildman–Crippen LogP) is 4.93. The lowest BCUT2D eigenvalue weighted by Crippen LogP contribution is -2.46.